The molecule has 0 spiro atoms. The Morgan fingerprint density at radius 1 is 1.11 bits per heavy atom. The summed E-state index contributed by atoms with van der Waals surface area (Å²) in [6.07, 6.45) is 0. The zero-order valence-electron chi connectivity index (χ0n) is 17.5. The van der Waals surface area contributed by atoms with Crippen molar-refractivity contribution in [3.63, 3.8) is 0 Å². The topological polar surface area (TPSA) is 93.2 Å². The molecule has 0 bridgehead atoms. The average molecular weight is 395 g/mol. The lowest BCUT2D eigenvalue weighted by atomic mass is 10.1. The first-order valence-corrected chi connectivity index (χ1v) is 9.68. The number of guanidine groups is 1. The molecular formula is C20H34N4O4. The fourth-order valence-electron chi connectivity index (χ4n) is 2.31. The van der Waals surface area contributed by atoms with Crippen LogP contribution in [-0.4, -0.2) is 65.0 Å². The molecule has 8 heteroatoms. The molecule has 0 heterocycles. The Hall–Kier alpha value is -2.32. The highest BCUT2D eigenvalue weighted by atomic mass is 16.5. The van der Waals surface area contributed by atoms with E-state index in [0.717, 1.165) is 16.9 Å². The van der Waals surface area contributed by atoms with E-state index in [-0.39, 0.29) is 12.5 Å². The number of carbonyl (C=O) groups is 1. The van der Waals surface area contributed by atoms with Gasteiger partial charge in [-0.15, -0.1) is 0 Å². The van der Waals surface area contributed by atoms with Crippen molar-refractivity contribution in [3.05, 3.63) is 29.3 Å². The molecular weight excluding hydrogens is 360 g/mol. The second kappa shape index (κ2) is 14.7. The Balaban J connectivity index is 2.66. The highest BCUT2D eigenvalue weighted by Gasteiger charge is 2.07. The molecule has 0 fully saturated rings. The van der Waals surface area contributed by atoms with Crippen molar-refractivity contribution in [2.75, 3.05) is 53.2 Å². The van der Waals surface area contributed by atoms with Gasteiger partial charge >= 0.3 is 0 Å². The first-order chi connectivity index (χ1) is 13.6. The van der Waals surface area contributed by atoms with Crippen molar-refractivity contribution in [2.24, 2.45) is 4.99 Å². The summed E-state index contributed by atoms with van der Waals surface area (Å²) in [6, 6.07) is 6.04. The molecule has 1 rings (SSSR count). The van der Waals surface area contributed by atoms with Crippen LogP contribution in [0.15, 0.2) is 23.2 Å². The third-order valence-electron chi connectivity index (χ3n) is 3.71. The van der Waals surface area contributed by atoms with E-state index in [2.05, 4.69) is 20.9 Å². The molecule has 3 N–H and O–H groups in total. The molecule has 0 aliphatic rings. The van der Waals surface area contributed by atoms with E-state index in [1.54, 1.807) is 7.11 Å². The minimum atomic E-state index is -0.113. The van der Waals surface area contributed by atoms with Crippen LogP contribution in [0.3, 0.4) is 0 Å². The van der Waals surface area contributed by atoms with Gasteiger partial charge in [-0.05, 0) is 32.4 Å². The summed E-state index contributed by atoms with van der Waals surface area (Å²) in [7, 11) is 1.60. The van der Waals surface area contributed by atoms with E-state index in [4.69, 9.17) is 14.2 Å². The van der Waals surface area contributed by atoms with Crippen molar-refractivity contribution >= 4 is 11.9 Å². The van der Waals surface area contributed by atoms with Gasteiger partial charge in [0.1, 0.15) is 12.4 Å². The minimum absolute atomic E-state index is 0.113. The highest BCUT2D eigenvalue weighted by Crippen LogP contribution is 2.21. The Bertz CT molecular complexity index is 608. The zero-order valence-corrected chi connectivity index (χ0v) is 17.5. The van der Waals surface area contributed by atoms with E-state index < -0.39 is 0 Å². The number of aryl methyl sites for hydroxylation is 1. The minimum Gasteiger partial charge on any atom is -0.491 e. The molecule has 1 aromatic rings. The standard InChI is InChI=1S/C20H34N4O4/c1-5-21-20(24-15-19(25)22-9-10-26-4)23-14-17-8-7-16(3)13-18(17)28-12-11-27-6-2/h7-8,13H,5-6,9-12,14-15H2,1-4H3,(H,22,25)(H2,21,23,24). The van der Waals surface area contributed by atoms with Gasteiger partial charge in [-0.1, -0.05) is 12.1 Å². The predicted molar refractivity (Wildman–Crippen MR) is 111 cm³/mol. The molecule has 0 aliphatic carbocycles. The van der Waals surface area contributed by atoms with E-state index in [1.165, 1.54) is 0 Å². The van der Waals surface area contributed by atoms with Crippen molar-refractivity contribution in [1.29, 1.82) is 0 Å². The van der Waals surface area contributed by atoms with Crippen molar-refractivity contribution in [1.82, 2.24) is 16.0 Å². The van der Waals surface area contributed by atoms with Gasteiger partial charge in [-0.2, -0.15) is 0 Å². The van der Waals surface area contributed by atoms with E-state index in [0.29, 0.717) is 52.0 Å². The van der Waals surface area contributed by atoms with Gasteiger partial charge in [0, 0.05) is 32.4 Å². The number of hydrogen-bond donors (Lipinski definition) is 3. The van der Waals surface area contributed by atoms with Crippen molar-refractivity contribution in [3.8, 4) is 5.75 Å². The van der Waals surface area contributed by atoms with Crippen LogP contribution in [0.4, 0.5) is 0 Å². The molecule has 0 aromatic heterocycles. The summed E-state index contributed by atoms with van der Waals surface area (Å²) in [4.78, 5) is 16.4. The summed E-state index contributed by atoms with van der Waals surface area (Å²) in [5.41, 5.74) is 2.10. The SMILES string of the molecule is CCNC(=NCc1ccc(C)cc1OCCOCC)NCC(=O)NCCOC. The Morgan fingerprint density at radius 3 is 2.64 bits per heavy atom. The monoisotopic (exact) mass is 394 g/mol. The number of rotatable bonds is 13. The summed E-state index contributed by atoms with van der Waals surface area (Å²) in [6.45, 7) is 9.92. The van der Waals surface area contributed by atoms with Crippen molar-refractivity contribution in [2.45, 2.75) is 27.3 Å². The van der Waals surface area contributed by atoms with Crippen LogP contribution in [0.2, 0.25) is 0 Å². The van der Waals surface area contributed by atoms with Crippen LogP contribution in [0.5, 0.6) is 5.75 Å². The number of nitrogens with one attached hydrogen (secondary N) is 3. The summed E-state index contributed by atoms with van der Waals surface area (Å²) in [5.74, 6) is 1.26. The summed E-state index contributed by atoms with van der Waals surface area (Å²) >= 11 is 0. The molecule has 28 heavy (non-hydrogen) atoms. The molecule has 0 radical (unpaired) electrons. The quantitative estimate of drug-likeness (QED) is 0.265. The number of benzene rings is 1. The average Bonchev–Trinajstić information content (AvgIpc) is 2.68. The molecule has 158 valence electrons. The van der Waals surface area contributed by atoms with Crippen LogP contribution < -0.4 is 20.7 Å². The van der Waals surface area contributed by atoms with Crippen LogP contribution in [-0.2, 0) is 20.8 Å². The van der Waals surface area contributed by atoms with Gasteiger partial charge in [-0.3, -0.25) is 4.79 Å². The lowest BCUT2D eigenvalue weighted by Gasteiger charge is -2.14. The Morgan fingerprint density at radius 2 is 1.93 bits per heavy atom. The van der Waals surface area contributed by atoms with Crippen molar-refractivity contribution < 1.29 is 19.0 Å². The van der Waals surface area contributed by atoms with Gasteiger partial charge in [0.25, 0.3) is 0 Å². The Kier molecular flexibility index (Phi) is 12.5. The lowest BCUT2D eigenvalue weighted by molar-refractivity contribution is -0.120. The molecule has 0 aliphatic heterocycles. The van der Waals surface area contributed by atoms with Gasteiger partial charge in [0.15, 0.2) is 5.96 Å². The third-order valence-corrected chi connectivity index (χ3v) is 3.71. The van der Waals surface area contributed by atoms with Crippen LogP contribution in [0, 0.1) is 6.92 Å². The Labute approximate surface area is 168 Å². The second-order valence-electron chi connectivity index (χ2n) is 6.05. The van der Waals surface area contributed by atoms with Crippen LogP contribution in [0.25, 0.3) is 0 Å². The summed E-state index contributed by atoms with van der Waals surface area (Å²) in [5, 5.41) is 8.94. The maximum atomic E-state index is 11.8. The van der Waals surface area contributed by atoms with Crippen LogP contribution >= 0.6 is 0 Å². The van der Waals surface area contributed by atoms with Gasteiger partial charge in [0.2, 0.25) is 5.91 Å². The van der Waals surface area contributed by atoms with Gasteiger partial charge < -0.3 is 30.2 Å². The molecule has 1 aromatic carbocycles. The number of hydrogen-bond acceptors (Lipinski definition) is 5. The van der Waals surface area contributed by atoms with E-state index in [9.17, 15) is 4.79 Å². The summed E-state index contributed by atoms with van der Waals surface area (Å²) < 4.78 is 16.1. The first-order valence-electron chi connectivity index (χ1n) is 9.68. The fourth-order valence-corrected chi connectivity index (χ4v) is 2.31. The number of carbonyl (C=O) groups excluding carboxylic acids is 1. The molecule has 8 nitrogen and oxygen atoms in total. The first kappa shape index (κ1) is 23.7. The maximum absolute atomic E-state index is 11.8. The van der Waals surface area contributed by atoms with Gasteiger partial charge in [-0.25, -0.2) is 4.99 Å². The fraction of sp³-hybridized carbons (Fsp3) is 0.600. The largest absolute Gasteiger partial charge is 0.491 e. The molecule has 0 saturated carbocycles. The predicted octanol–water partition coefficient (Wildman–Crippen LogP) is 1.23. The van der Waals surface area contributed by atoms with E-state index in [1.807, 2.05) is 39.0 Å². The van der Waals surface area contributed by atoms with E-state index >= 15 is 0 Å². The highest BCUT2D eigenvalue weighted by molar-refractivity contribution is 5.86. The normalized spacial score (nSPS) is 11.2. The third kappa shape index (κ3) is 10.1. The molecule has 0 atom stereocenters. The number of nitrogens with zero attached hydrogens (tertiary/aromatic N) is 1. The number of methoxy groups -OCH3 is 1. The van der Waals surface area contributed by atoms with Crippen LogP contribution in [0.1, 0.15) is 25.0 Å². The molecule has 0 unspecified atom stereocenters. The second-order valence-corrected chi connectivity index (χ2v) is 6.05. The number of ether oxygens (including phenoxy) is 3. The maximum Gasteiger partial charge on any atom is 0.239 e. The smallest absolute Gasteiger partial charge is 0.239 e. The zero-order chi connectivity index (χ0) is 20.6. The number of aliphatic imine (C=N–C) groups is 1. The number of amides is 1. The lowest BCUT2D eigenvalue weighted by Crippen LogP contribution is -2.43. The van der Waals surface area contributed by atoms with Gasteiger partial charge in [0.05, 0.1) is 26.3 Å². The molecule has 1 amide bonds. The molecule has 0 saturated heterocycles.